The van der Waals surface area contributed by atoms with Crippen molar-refractivity contribution in [2.45, 2.75) is 38.1 Å². The fourth-order valence-electron chi connectivity index (χ4n) is 0.258. The lowest BCUT2D eigenvalue weighted by Crippen LogP contribution is -2.63. The van der Waals surface area contributed by atoms with Crippen molar-refractivity contribution >= 4 is 23.9 Å². The highest BCUT2D eigenvalue weighted by atomic mass is 16.4. The smallest absolute Gasteiger partial charge is 0.362 e. The first-order chi connectivity index (χ1) is 9.75. The Balaban J connectivity index is -0.000000261. The van der Waals surface area contributed by atoms with E-state index < -0.39 is 48.2 Å². The molecule has 12 nitrogen and oxygen atoms in total. The molecular formula is C10H20N2O10. The Morgan fingerprint density at radius 1 is 0.773 bits per heavy atom. The van der Waals surface area contributed by atoms with Crippen LogP contribution in [0.3, 0.4) is 0 Å². The number of carboxylic acids is 4. The van der Waals surface area contributed by atoms with E-state index in [4.69, 9.17) is 20.4 Å². The van der Waals surface area contributed by atoms with Crippen LogP contribution in [0, 0.1) is 0 Å². The van der Waals surface area contributed by atoms with Crippen molar-refractivity contribution in [1.29, 1.82) is 0 Å². The van der Waals surface area contributed by atoms with Crippen LogP contribution >= 0.6 is 0 Å². The number of rotatable bonds is 5. The SMILES string of the molecule is C[C@H]([NH3+])C(=O)O.C[C@H]([NH3+])C(=O)O.O=C([O-])C(O)C(O)C(=O)[O-]. The van der Waals surface area contributed by atoms with Crippen LogP contribution in [-0.2, 0) is 19.2 Å². The molecule has 0 aliphatic heterocycles. The van der Waals surface area contributed by atoms with Gasteiger partial charge in [-0.05, 0) is 13.8 Å². The highest BCUT2D eigenvalue weighted by molar-refractivity contribution is 5.80. The summed E-state index contributed by atoms with van der Waals surface area (Å²) in [7, 11) is 0. The van der Waals surface area contributed by atoms with Gasteiger partial charge < -0.3 is 51.7 Å². The molecule has 0 radical (unpaired) electrons. The average Bonchev–Trinajstić information content (AvgIpc) is 2.37. The maximum Gasteiger partial charge on any atom is 0.362 e. The molecule has 0 rings (SSSR count). The summed E-state index contributed by atoms with van der Waals surface area (Å²) >= 11 is 0. The van der Waals surface area contributed by atoms with Gasteiger partial charge in [0.1, 0.15) is 12.2 Å². The van der Waals surface area contributed by atoms with Gasteiger partial charge in [-0.2, -0.15) is 0 Å². The molecule has 0 amide bonds. The topological polar surface area (TPSA) is 251 Å². The largest absolute Gasteiger partial charge is 0.547 e. The zero-order chi connectivity index (χ0) is 18.6. The van der Waals surface area contributed by atoms with E-state index in [-0.39, 0.29) is 0 Å². The molecular weight excluding hydrogens is 308 g/mol. The summed E-state index contributed by atoms with van der Waals surface area (Å²) in [5.41, 5.74) is 6.48. The number of hydrogen-bond acceptors (Lipinski definition) is 8. The summed E-state index contributed by atoms with van der Waals surface area (Å²) < 4.78 is 0. The molecule has 0 bridgehead atoms. The monoisotopic (exact) mass is 328 g/mol. The summed E-state index contributed by atoms with van der Waals surface area (Å²) in [6.45, 7) is 3.06. The molecule has 0 aliphatic carbocycles. The highest BCUT2D eigenvalue weighted by Gasteiger charge is 2.17. The van der Waals surface area contributed by atoms with Crippen molar-refractivity contribution < 1.29 is 61.3 Å². The Morgan fingerprint density at radius 3 is 0.955 bits per heavy atom. The van der Waals surface area contributed by atoms with Gasteiger partial charge in [-0.3, -0.25) is 0 Å². The third-order valence-corrected chi connectivity index (χ3v) is 1.63. The molecule has 0 aromatic heterocycles. The summed E-state index contributed by atoms with van der Waals surface area (Å²) in [6, 6.07) is -0.963. The summed E-state index contributed by atoms with van der Waals surface area (Å²) in [4.78, 5) is 38.5. The van der Waals surface area contributed by atoms with E-state index in [0.29, 0.717) is 0 Å². The minimum absolute atomic E-state index is 0.481. The van der Waals surface area contributed by atoms with Gasteiger partial charge in [-0.15, -0.1) is 0 Å². The van der Waals surface area contributed by atoms with Crippen LogP contribution in [0.2, 0.25) is 0 Å². The average molecular weight is 328 g/mol. The van der Waals surface area contributed by atoms with E-state index in [9.17, 15) is 29.4 Å². The molecule has 10 N–H and O–H groups in total. The molecule has 0 aromatic carbocycles. The van der Waals surface area contributed by atoms with Gasteiger partial charge in [0.25, 0.3) is 0 Å². The minimum atomic E-state index is -2.44. The lowest BCUT2D eigenvalue weighted by molar-refractivity contribution is -0.402. The number of carboxylic acid groups (broad SMARTS) is 4. The molecule has 2 unspecified atom stereocenters. The fourth-order valence-corrected chi connectivity index (χ4v) is 0.258. The van der Waals surface area contributed by atoms with Crippen molar-refractivity contribution in [3.05, 3.63) is 0 Å². The number of carbonyl (C=O) groups excluding carboxylic acids is 2. The highest BCUT2D eigenvalue weighted by Crippen LogP contribution is 1.88. The van der Waals surface area contributed by atoms with E-state index in [1.54, 1.807) is 0 Å². The quantitative estimate of drug-likeness (QED) is 0.278. The number of aliphatic carboxylic acids is 4. The Bertz CT molecular complexity index is 346. The molecule has 0 heterocycles. The van der Waals surface area contributed by atoms with Crippen LogP contribution in [0.25, 0.3) is 0 Å². The van der Waals surface area contributed by atoms with Gasteiger partial charge in [0.15, 0.2) is 12.1 Å². The predicted molar refractivity (Wildman–Crippen MR) is 62.0 cm³/mol. The molecule has 0 spiro atoms. The number of hydrogen-bond donors (Lipinski definition) is 6. The van der Waals surface area contributed by atoms with Crippen LogP contribution < -0.4 is 21.7 Å². The second-order valence-electron chi connectivity index (χ2n) is 4.01. The lowest BCUT2D eigenvalue weighted by Gasteiger charge is -2.18. The Labute approximate surface area is 124 Å². The third kappa shape index (κ3) is 15.8. The maximum absolute atomic E-state index is 9.64. The number of aliphatic hydroxyl groups excluding tert-OH is 2. The molecule has 0 aromatic rings. The van der Waals surface area contributed by atoms with Gasteiger partial charge in [-0.25, -0.2) is 9.59 Å². The van der Waals surface area contributed by atoms with Gasteiger partial charge in [0, 0.05) is 0 Å². The Morgan fingerprint density at radius 2 is 0.909 bits per heavy atom. The number of quaternary nitrogens is 2. The van der Waals surface area contributed by atoms with Gasteiger partial charge in [-0.1, -0.05) is 0 Å². The summed E-state index contributed by atoms with van der Waals surface area (Å²) in [6.07, 6.45) is -4.88. The van der Waals surface area contributed by atoms with E-state index in [1.165, 1.54) is 13.8 Å². The Hall–Kier alpha value is -2.28. The summed E-state index contributed by atoms with van der Waals surface area (Å²) in [5.74, 6) is -5.82. The maximum atomic E-state index is 9.64. The van der Waals surface area contributed by atoms with Crippen LogP contribution in [0.15, 0.2) is 0 Å². The van der Waals surface area contributed by atoms with Crippen molar-refractivity contribution in [1.82, 2.24) is 0 Å². The second-order valence-corrected chi connectivity index (χ2v) is 4.01. The van der Waals surface area contributed by atoms with Crippen molar-refractivity contribution in [3.63, 3.8) is 0 Å². The first-order valence-electron chi connectivity index (χ1n) is 5.65. The molecule has 0 aliphatic rings. The van der Waals surface area contributed by atoms with E-state index in [2.05, 4.69) is 11.5 Å². The minimum Gasteiger partial charge on any atom is -0.547 e. The zero-order valence-corrected chi connectivity index (χ0v) is 12.0. The molecule has 12 heteroatoms. The standard InChI is InChI=1S/C4H6O6.2C3H7NO2/c5-1(3(7)8)2(6)4(9)10;2*1-2(4)3(5)6/h1-2,5-6H,(H,7,8)(H,9,10);2*2H,4H2,1H3,(H,5,6)/t;2*2-/m.00/s1. The molecule has 0 fully saturated rings. The van der Waals surface area contributed by atoms with Gasteiger partial charge >= 0.3 is 11.9 Å². The Kier molecular flexibility index (Phi) is 14.0. The summed E-state index contributed by atoms with van der Waals surface area (Å²) in [5, 5.41) is 51.6. The van der Waals surface area contributed by atoms with Gasteiger partial charge in [0.2, 0.25) is 0 Å². The zero-order valence-electron chi connectivity index (χ0n) is 12.0. The first-order valence-corrected chi connectivity index (χ1v) is 5.65. The molecule has 22 heavy (non-hydrogen) atoms. The van der Waals surface area contributed by atoms with Crippen LogP contribution in [0.1, 0.15) is 13.8 Å². The van der Waals surface area contributed by atoms with Crippen LogP contribution in [0.4, 0.5) is 0 Å². The van der Waals surface area contributed by atoms with E-state index >= 15 is 0 Å². The number of carbonyl (C=O) groups is 4. The third-order valence-electron chi connectivity index (χ3n) is 1.63. The molecule has 130 valence electrons. The number of aliphatic hydroxyl groups is 2. The first kappa shape index (κ1) is 24.7. The molecule has 0 saturated heterocycles. The lowest BCUT2D eigenvalue weighted by atomic mass is 10.2. The molecule has 0 saturated carbocycles. The normalized spacial score (nSPS) is 14.6. The van der Waals surface area contributed by atoms with E-state index in [0.717, 1.165) is 0 Å². The molecule has 4 atom stereocenters. The van der Waals surface area contributed by atoms with Gasteiger partial charge in [0.05, 0.1) is 11.9 Å². The van der Waals surface area contributed by atoms with Crippen molar-refractivity contribution in [3.8, 4) is 0 Å². The predicted octanol–water partition coefficient (Wildman–Crippen LogP) is -7.39. The second kappa shape index (κ2) is 12.5. The van der Waals surface area contributed by atoms with Crippen molar-refractivity contribution in [2.75, 3.05) is 0 Å². The van der Waals surface area contributed by atoms with Crippen LogP contribution in [-0.4, -0.2) is 68.6 Å². The van der Waals surface area contributed by atoms with E-state index in [1.807, 2.05) is 0 Å². The van der Waals surface area contributed by atoms with Crippen LogP contribution in [0.5, 0.6) is 0 Å². The van der Waals surface area contributed by atoms with Crippen molar-refractivity contribution in [2.24, 2.45) is 0 Å². The fraction of sp³-hybridized carbons (Fsp3) is 0.600.